The molecule has 0 spiro atoms. The Kier molecular flexibility index (Phi) is 7.22. The number of benzene rings is 2. The lowest BCUT2D eigenvalue weighted by Gasteiger charge is -2.16. The predicted octanol–water partition coefficient (Wildman–Crippen LogP) is 5.53. The van der Waals surface area contributed by atoms with Crippen molar-refractivity contribution in [3.63, 3.8) is 0 Å². The molecule has 1 aromatic heterocycles. The number of hydrogen-bond acceptors (Lipinski definition) is 4. The predicted molar refractivity (Wildman–Crippen MR) is 112 cm³/mol. The molecule has 0 saturated carbocycles. The largest absolute Gasteiger partial charge is 0.489 e. The molecular weight excluding hydrogens is 390 g/mol. The number of hydrogen-bond donors (Lipinski definition) is 1. The summed E-state index contributed by atoms with van der Waals surface area (Å²) in [5, 5.41) is 9.71. The van der Waals surface area contributed by atoms with Gasteiger partial charge in [0.05, 0.1) is 12.5 Å². The van der Waals surface area contributed by atoms with E-state index in [1.807, 2.05) is 61.5 Å². The Balaban J connectivity index is 1.68. The molecule has 0 aliphatic heterocycles. The number of carboxylic acids is 1. The second kappa shape index (κ2) is 10.0. The third-order valence-electron chi connectivity index (χ3n) is 4.41. The number of halogens is 1. The van der Waals surface area contributed by atoms with E-state index in [1.54, 1.807) is 12.4 Å². The second-order valence-electron chi connectivity index (χ2n) is 6.45. The summed E-state index contributed by atoms with van der Waals surface area (Å²) in [5.41, 5.74) is 3.73. The highest BCUT2D eigenvalue weighted by Crippen LogP contribution is 2.29. The summed E-state index contributed by atoms with van der Waals surface area (Å²) in [7, 11) is 0. The summed E-state index contributed by atoms with van der Waals surface area (Å²) >= 11 is 6.34. The highest BCUT2D eigenvalue weighted by molar-refractivity contribution is 6.33. The molecule has 1 atom stereocenters. The van der Waals surface area contributed by atoms with Crippen molar-refractivity contribution in [1.82, 2.24) is 4.98 Å². The highest BCUT2D eigenvalue weighted by atomic mass is 35.5. The first-order valence-corrected chi connectivity index (χ1v) is 9.69. The fourth-order valence-electron chi connectivity index (χ4n) is 2.99. The van der Waals surface area contributed by atoms with Crippen LogP contribution in [0.4, 0.5) is 0 Å². The van der Waals surface area contributed by atoms with E-state index in [4.69, 9.17) is 26.2 Å². The van der Waals surface area contributed by atoms with Gasteiger partial charge in [0.25, 0.3) is 0 Å². The minimum absolute atomic E-state index is 0.0728. The van der Waals surface area contributed by atoms with Crippen molar-refractivity contribution < 1.29 is 19.4 Å². The first-order valence-electron chi connectivity index (χ1n) is 9.31. The van der Waals surface area contributed by atoms with Gasteiger partial charge in [-0.2, -0.15) is 0 Å². The van der Waals surface area contributed by atoms with Crippen LogP contribution in [0.5, 0.6) is 5.75 Å². The Labute approximate surface area is 174 Å². The Morgan fingerprint density at radius 2 is 1.83 bits per heavy atom. The number of carbonyl (C=O) groups is 1. The molecule has 0 unspecified atom stereocenters. The molecule has 2 aromatic carbocycles. The van der Waals surface area contributed by atoms with Crippen LogP contribution in [0.1, 0.15) is 30.6 Å². The molecule has 0 saturated heterocycles. The van der Waals surface area contributed by atoms with Crippen LogP contribution >= 0.6 is 11.6 Å². The number of ether oxygens (including phenoxy) is 2. The molecule has 29 heavy (non-hydrogen) atoms. The molecule has 0 bridgehead atoms. The fraction of sp³-hybridized carbons (Fsp3) is 0.217. The summed E-state index contributed by atoms with van der Waals surface area (Å²) in [4.78, 5) is 15.1. The Morgan fingerprint density at radius 1 is 1.10 bits per heavy atom. The van der Waals surface area contributed by atoms with Gasteiger partial charge in [0, 0.05) is 29.6 Å². The molecule has 5 nitrogen and oxygen atoms in total. The van der Waals surface area contributed by atoms with E-state index >= 15 is 0 Å². The zero-order valence-electron chi connectivity index (χ0n) is 16.0. The van der Waals surface area contributed by atoms with E-state index in [1.165, 1.54) is 0 Å². The van der Waals surface area contributed by atoms with Gasteiger partial charge < -0.3 is 14.6 Å². The van der Waals surface area contributed by atoms with Crippen LogP contribution in [0, 0.1) is 0 Å². The maximum absolute atomic E-state index is 11.0. The summed E-state index contributed by atoms with van der Waals surface area (Å²) < 4.78 is 11.4. The summed E-state index contributed by atoms with van der Waals surface area (Å²) in [5.74, 6) is -0.198. The average molecular weight is 412 g/mol. The van der Waals surface area contributed by atoms with Gasteiger partial charge in [-0.25, -0.2) is 0 Å². The van der Waals surface area contributed by atoms with Gasteiger partial charge in [-0.15, -0.1) is 0 Å². The van der Waals surface area contributed by atoms with Gasteiger partial charge in [0.2, 0.25) is 0 Å². The number of rotatable bonds is 9. The number of pyridine rings is 1. The molecule has 6 heteroatoms. The zero-order valence-corrected chi connectivity index (χ0v) is 16.8. The van der Waals surface area contributed by atoms with Crippen LogP contribution in [0.25, 0.3) is 11.1 Å². The molecule has 0 amide bonds. The Hall–Kier alpha value is -2.89. The number of nitrogens with zero attached hydrogens (tertiary/aromatic N) is 1. The summed E-state index contributed by atoms with van der Waals surface area (Å²) in [6.07, 6.45) is 2.93. The molecule has 3 rings (SSSR count). The van der Waals surface area contributed by atoms with E-state index < -0.39 is 12.1 Å². The average Bonchev–Trinajstić information content (AvgIpc) is 2.73. The van der Waals surface area contributed by atoms with Gasteiger partial charge >= 0.3 is 5.97 Å². The minimum atomic E-state index is -0.892. The molecule has 3 aromatic rings. The fourth-order valence-corrected chi connectivity index (χ4v) is 3.22. The van der Waals surface area contributed by atoms with Crippen molar-refractivity contribution in [2.75, 3.05) is 6.61 Å². The number of aromatic nitrogens is 1. The third kappa shape index (κ3) is 5.79. The van der Waals surface area contributed by atoms with Crippen molar-refractivity contribution in [1.29, 1.82) is 0 Å². The smallest absolute Gasteiger partial charge is 0.306 e. The molecular formula is C23H22ClNO4. The van der Waals surface area contributed by atoms with Gasteiger partial charge in [-0.1, -0.05) is 29.8 Å². The Morgan fingerprint density at radius 3 is 2.48 bits per heavy atom. The van der Waals surface area contributed by atoms with E-state index in [-0.39, 0.29) is 6.42 Å². The highest BCUT2D eigenvalue weighted by Gasteiger charge is 2.15. The van der Waals surface area contributed by atoms with Crippen LogP contribution in [-0.2, 0) is 16.1 Å². The van der Waals surface area contributed by atoms with E-state index in [9.17, 15) is 4.79 Å². The monoisotopic (exact) mass is 411 g/mol. The van der Waals surface area contributed by atoms with E-state index in [0.29, 0.717) is 24.0 Å². The molecule has 150 valence electrons. The van der Waals surface area contributed by atoms with Crippen LogP contribution in [-0.4, -0.2) is 22.7 Å². The topological polar surface area (TPSA) is 68.7 Å². The lowest BCUT2D eigenvalue weighted by Crippen LogP contribution is -2.10. The van der Waals surface area contributed by atoms with Crippen LogP contribution < -0.4 is 4.74 Å². The maximum atomic E-state index is 11.0. The second-order valence-corrected chi connectivity index (χ2v) is 6.86. The quantitative estimate of drug-likeness (QED) is 0.501. The van der Waals surface area contributed by atoms with Gasteiger partial charge in [0.15, 0.2) is 0 Å². The number of carboxylic acid groups (broad SMARTS) is 1. The first-order chi connectivity index (χ1) is 14.1. The van der Waals surface area contributed by atoms with Crippen LogP contribution in [0.3, 0.4) is 0 Å². The van der Waals surface area contributed by atoms with Crippen molar-refractivity contribution in [3.05, 3.63) is 83.1 Å². The van der Waals surface area contributed by atoms with Crippen molar-refractivity contribution >= 4 is 17.6 Å². The van der Waals surface area contributed by atoms with Gasteiger partial charge in [-0.05, 0) is 60.0 Å². The Bertz CT molecular complexity index is 945. The molecule has 1 heterocycles. The lowest BCUT2D eigenvalue weighted by atomic mass is 10.0. The SMILES string of the molecule is CCO[C@@H](CC(=O)O)c1ccc(OCc2ccc(Cl)c(-c3ccncc3)c2)cc1. The first kappa shape index (κ1) is 20.8. The zero-order chi connectivity index (χ0) is 20.6. The summed E-state index contributed by atoms with van der Waals surface area (Å²) in [6.45, 7) is 2.68. The minimum Gasteiger partial charge on any atom is -0.489 e. The molecule has 0 radical (unpaired) electrons. The molecule has 0 aliphatic rings. The van der Waals surface area contributed by atoms with Gasteiger partial charge in [0.1, 0.15) is 12.4 Å². The maximum Gasteiger partial charge on any atom is 0.306 e. The van der Waals surface area contributed by atoms with Crippen LogP contribution in [0.2, 0.25) is 5.02 Å². The number of aliphatic carboxylic acids is 1. The van der Waals surface area contributed by atoms with Crippen LogP contribution in [0.15, 0.2) is 67.0 Å². The van der Waals surface area contributed by atoms with E-state index in [2.05, 4.69) is 4.98 Å². The van der Waals surface area contributed by atoms with Crippen molar-refractivity contribution in [3.8, 4) is 16.9 Å². The molecule has 0 aliphatic carbocycles. The molecule has 1 N–H and O–H groups in total. The normalized spacial score (nSPS) is 11.8. The lowest BCUT2D eigenvalue weighted by molar-refractivity contribution is -0.140. The standard InChI is InChI=1S/C23H22ClNO4/c1-2-28-22(14-23(26)27)18-4-6-19(7-5-18)29-15-16-3-8-21(24)20(13-16)17-9-11-25-12-10-17/h3-13,22H,2,14-15H2,1H3,(H,26,27)/t22-/m0/s1. The molecule has 0 fully saturated rings. The van der Waals surface area contributed by atoms with Gasteiger partial charge in [-0.3, -0.25) is 9.78 Å². The van der Waals surface area contributed by atoms with E-state index in [0.717, 1.165) is 22.3 Å². The summed E-state index contributed by atoms with van der Waals surface area (Å²) in [6, 6.07) is 16.9. The van der Waals surface area contributed by atoms with Crippen molar-refractivity contribution in [2.24, 2.45) is 0 Å². The third-order valence-corrected chi connectivity index (χ3v) is 4.74. The van der Waals surface area contributed by atoms with Crippen molar-refractivity contribution in [2.45, 2.75) is 26.1 Å².